The number of guanidine groups is 1. The zero-order chi connectivity index (χ0) is 19.8. The van der Waals surface area contributed by atoms with Crippen molar-refractivity contribution in [1.29, 1.82) is 0 Å². The third kappa shape index (κ3) is 7.25. The molecule has 1 unspecified atom stereocenters. The van der Waals surface area contributed by atoms with E-state index in [1.807, 2.05) is 6.92 Å². The predicted molar refractivity (Wildman–Crippen MR) is 121 cm³/mol. The van der Waals surface area contributed by atoms with Gasteiger partial charge in [-0.3, -0.25) is 14.7 Å². The van der Waals surface area contributed by atoms with Gasteiger partial charge >= 0.3 is 6.03 Å². The summed E-state index contributed by atoms with van der Waals surface area (Å²) >= 11 is 0. The molecule has 29 heavy (non-hydrogen) atoms. The highest BCUT2D eigenvalue weighted by atomic mass is 127. The number of likely N-dealkylation sites (tertiary alicyclic amines) is 1. The topological polar surface area (TPSA) is 95.5 Å². The summed E-state index contributed by atoms with van der Waals surface area (Å²) in [5.41, 5.74) is 0. The highest BCUT2D eigenvalue weighted by Crippen LogP contribution is 2.18. The Morgan fingerprint density at radius 1 is 1.28 bits per heavy atom. The van der Waals surface area contributed by atoms with Gasteiger partial charge in [0.25, 0.3) is 0 Å². The first-order valence-corrected chi connectivity index (χ1v) is 10.5. The summed E-state index contributed by atoms with van der Waals surface area (Å²) in [6.45, 7) is 6.92. The molecule has 3 aliphatic rings. The molecule has 1 atom stereocenters. The molecule has 3 amide bonds. The van der Waals surface area contributed by atoms with Gasteiger partial charge in [-0.25, -0.2) is 4.79 Å². The fraction of sp³-hybridized carbons (Fsp3) is 0.842. The van der Waals surface area contributed by atoms with Crippen LogP contribution in [0.1, 0.15) is 39.0 Å². The number of amides is 3. The molecule has 9 nitrogen and oxygen atoms in total. The Bertz CT molecular complexity index is 547. The van der Waals surface area contributed by atoms with Crippen LogP contribution < -0.4 is 10.6 Å². The first kappa shape index (κ1) is 24.1. The SMILES string of the molecule is CCNC(=NCCN1C(=O)CNC1=O)N1CCC(OCC2CCCCO2)CC1.I. The first-order chi connectivity index (χ1) is 13.7. The Labute approximate surface area is 189 Å². The maximum Gasteiger partial charge on any atom is 0.324 e. The third-order valence-electron chi connectivity index (χ3n) is 5.39. The summed E-state index contributed by atoms with van der Waals surface area (Å²) in [4.78, 5) is 31.3. The van der Waals surface area contributed by atoms with E-state index in [1.54, 1.807) is 0 Å². The predicted octanol–water partition coefficient (Wildman–Crippen LogP) is 1.17. The zero-order valence-electron chi connectivity index (χ0n) is 17.2. The van der Waals surface area contributed by atoms with Gasteiger partial charge in [0.05, 0.1) is 38.4 Å². The lowest BCUT2D eigenvalue weighted by atomic mass is 10.1. The molecule has 0 spiro atoms. The molecule has 0 saturated carbocycles. The lowest BCUT2D eigenvalue weighted by molar-refractivity contribution is -0.124. The standard InChI is InChI=1S/C19H33N5O4.HI/c1-2-20-18(21-8-11-24-17(25)13-22-19(24)26)23-9-6-15(7-10-23)28-14-16-5-3-4-12-27-16;/h15-16H,2-14H2,1H3,(H,20,21)(H,22,26);1H. The van der Waals surface area contributed by atoms with Crippen LogP contribution >= 0.6 is 24.0 Å². The number of imide groups is 1. The van der Waals surface area contributed by atoms with E-state index in [0.29, 0.717) is 19.7 Å². The van der Waals surface area contributed by atoms with Crippen molar-refractivity contribution in [3.05, 3.63) is 0 Å². The second-order valence-corrected chi connectivity index (χ2v) is 7.45. The fourth-order valence-electron chi connectivity index (χ4n) is 3.78. The van der Waals surface area contributed by atoms with Crippen LogP contribution in [-0.4, -0.2) is 92.4 Å². The fourth-order valence-corrected chi connectivity index (χ4v) is 3.78. The highest BCUT2D eigenvalue weighted by molar-refractivity contribution is 14.0. The lowest BCUT2D eigenvalue weighted by Crippen LogP contribution is -2.47. The molecular weight excluding hydrogens is 489 g/mol. The van der Waals surface area contributed by atoms with E-state index in [4.69, 9.17) is 9.47 Å². The normalized spacial score (nSPS) is 23.8. The van der Waals surface area contributed by atoms with E-state index in [2.05, 4.69) is 20.5 Å². The van der Waals surface area contributed by atoms with Crippen LogP contribution in [0.25, 0.3) is 0 Å². The van der Waals surface area contributed by atoms with E-state index in [-0.39, 0.29) is 54.7 Å². The van der Waals surface area contributed by atoms with Crippen molar-refractivity contribution in [3.63, 3.8) is 0 Å². The Morgan fingerprint density at radius 3 is 2.69 bits per heavy atom. The molecule has 3 saturated heterocycles. The molecule has 0 aromatic rings. The van der Waals surface area contributed by atoms with Crippen molar-refractivity contribution in [2.24, 2.45) is 4.99 Å². The molecule has 0 aliphatic carbocycles. The molecule has 3 aliphatic heterocycles. The smallest absolute Gasteiger partial charge is 0.324 e. The summed E-state index contributed by atoms with van der Waals surface area (Å²) < 4.78 is 11.8. The summed E-state index contributed by atoms with van der Waals surface area (Å²) in [5, 5.41) is 5.84. The average molecular weight is 523 g/mol. The maximum absolute atomic E-state index is 11.6. The van der Waals surface area contributed by atoms with E-state index in [0.717, 1.165) is 57.9 Å². The molecule has 0 radical (unpaired) electrons. The van der Waals surface area contributed by atoms with Gasteiger partial charge < -0.3 is 25.0 Å². The highest BCUT2D eigenvalue weighted by Gasteiger charge is 2.28. The van der Waals surface area contributed by atoms with Gasteiger partial charge in [-0.1, -0.05) is 0 Å². The summed E-state index contributed by atoms with van der Waals surface area (Å²) in [7, 11) is 0. The number of hydrogen-bond donors (Lipinski definition) is 2. The van der Waals surface area contributed by atoms with Gasteiger partial charge in [0.1, 0.15) is 0 Å². The molecule has 3 heterocycles. The number of nitrogens with one attached hydrogen (secondary N) is 2. The van der Waals surface area contributed by atoms with Crippen molar-refractivity contribution >= 4 is 41.9 Å². The molecule has 0 aromatic carbocycles. The van der Waals surface area contributed by atoms with Crippen molar-refractivity contribution in [3.8, 4) is 0 Å². The lowest BCUT2D eigenvalue weighted by Gasteiger charge is -2.35. The van der Waals surface area contributed by atoms with E-state index >= 15 is 0 Å². The Morgan fingerprint density at radius 2 is 2.07 bits per heavy atom. The number of carbonyl (C=O) groups is 2. The number of nitrogens with zero attached hydrogens (tertiary/aromatic N) is 3. The van der Waals surface area contributed by atoms with E-state index < -0.39 is 0 Å². The Hall–Kier alpha value is -1.14. The molecule has 0 bridgehead atoms. The molecular formula is C19H34IN5O4. The van der Waals surface area contributed by atoms with Gasteiger partial charge in [0.15, 0.2) is 5.96 Å². The Balaban J connectivity index is 0.00000300. The second kappa shape index (κ2) is 12.5. The number of carbonyl (C=O) groups excluding carboxylic acids is 2. The van der Waals surface area contributed by atoms with Crippen molar-refractivity contribution in [2.75, 3.05) is 52.5 Å². The molecule has 3 fully saturated rings. The van der Waals surface area contributed by atoms with E-state index in [9.17, 15) is 9.59 Å². The van der Waals surface area contributed by atoms with Crippen LogP contribution in [0, 0.1) is 0 Å². The zero-order valence-corrected chi connectivity index (χ0v) is 19.6. The largest absolute Gasteiger partial charge is 0.376 e. The molecule has 0 aromatic heterocycles. The van der Waals surface area contributed by atoms with Crippen LogP contribution in [-0.2, 0) is 14.3 Å². The summed E-state index contributed by atoms with van der Waals surface area (Å²) in [6, 6.07) is -0.329. The van der Waals surface area contributed by atoms with Crippen LogP contribution in [0.15, 0.2) is 4.99 Å². The number of aliphatic imine (C=N–C) groups is 1. The van der Waals surface area contributed by atoms with Gasteiger partial charge in [-0.05, 0) is 39.0 Å². The maximum atomic E-state index is 11.6. The first-order valence-electron chi connectivity index (χ1n) is 10.5. The van der Waals surface area contributed by atoms with E-state index in [1.165, 1.54) is 11.3 Å². The average Bonchev–Trinajstić information content (AvgIpc) is 3.05. The second-order valence-electron chi connectivity index (χ2n) is 7.45. The van der Waals surface area contributed by atoms with Gasteiger partial charge in [-0.2, -0.15) is 0 Å². The minimum Gasteiger partial charge on any atom is -0.376 e. The van der Waals surface area contributed by atoms with Crippen LogP contribution in [0.4, 0.5) is 4.79 Å². The molecule has 3 rings (SSSR count). The summed E-state index contributed by atoms with van der Waals surface area (Å²) in [6.07, 6.45) is 5.96. The molecule has 10 heteroatoms. The number of urea groups is 1. The van der Waals surface area contributed by atoms with Crippen LogP contribution in [0.3, 0.4) is 0 Å². The monoisotopic (exact) mass is 523 g/mol. The Kier molecular flexibility index (Phi) is 10.4. The molecule has 166 valence electrons. The van der Waals surface area contributed by atoms with Gasteiger partial charge in [0, 0.05) is 26.2 Å². The number of piperidine rings is 1. The van der Waals surface area contributed by atoms with Crippen LogP contribution in [0.2, 0.25) is 0 Å². The third-order valence-corrected chi connectivity index (χ3v) is 5.39. The van der Waals surface area contributed by atoms with Crippen molar-refractivity contribution < 1.29 is 19.1 Å². The number of hydrogen-bond acceptors (Lipinski definition) is 5. The minimum absolute atomic E-state index is 0. The van der Waals surface area contributed by atoms with Gasteiger partial charge in [-0.15, -0.1) is 24.0 Å². The minimum atomic E-state index is -0.329. The number of halogens is 1. The van der Waals surface area contributed by atoms with Crippen molar-refractivity contribution in [2.45, 2.75) is 51.2 Å². The number of ether oxygens (including phenoxy) is 2. The summed E-state index contributed by atoms with van der Waals surface area (Å²) in [5.74, 6) is 0.647. The van der Waals surface area contributed by atoms with Crippen LogP contribution in [0.5, 0.6) is 0 Å². The van der Waals surface area contributed by atoms with Gasteiger partial charge in [0.2, 0.25) is 5.91 Å². The number of rotatable bonds is 7. The molecule has 2 N–H and O–H groups in total. The quantitative estimate of drug-likeness (QED) is 0.225. The van der Waals surface area contributed by atoms with Crippen molar-refractivity contribution in [1.82, 2.24) is 20.4 Å².